The van der Waals surface area contributed by atoms with Crippen molar-refractivity contribution in [3.63, 3.8) is 0 Å². The molecular weight excluding hydrogens is 443 g/mol. The van der Waals surface area contributed by atoms with E-state index >= 15 is 0 Å². The molecule has 0 aromatic carbocycles. The lowest BCUT2D eigenvalue weighted by molar-refractivity contribution is -0.261. The molecule has 0 aliphatic heterocycles. The number of carboxylic acids is 1. The number of amides is 1. The molecule has 0 fully saturated rings. The van der Waals surface area contributed by atoms with Gasteiger partial charge in [0.1, 0.15) is 6.10 Å². The van der Waals surface area contributed by atoms with Gasteiger partial charge < -0.3 is 20.3 Å². The smallest absolute Gasteiger partial charge is 0.417 e. The summed E-state index contributed by atoms with van der Waals surface area (Å²) in [5, 5.41) is 22.4. The Kier molecular flexibility index (Phi) is 10.0. The van der Waals surface area contributed by atoms with Crippen LogP contribution in [-0.2, 0) is 19.1 Å². The minimum absolute atomic E-state index is 0.0501. The first kappa shape index (κ1) is 31.2. The molecule has 0 aliphatic rings. The van der Waals surface area contributed by atoms with Crippen LogP contribution >= 0.6 is 0 Å². The first-order valence-electron chi connectivity index (χ1n) is 11.1. The monoisotopic (exact) mass is 483 g/mol. The highest BCUT2D eigenvalue weighted by Crippen LogP contribution is 2.43. The van der Waals surface area contributed by atoms with Crippen LogP contribution in [0.25, 0.3) is 0 Å². The number of halogens is 3. The van der Waals surface area contributed by atoms with Gasteiger partial charge in [0.2, 0.25) is 5.91 Å². The van der Waals surface area contributed by atoms with Crippen molar-refractivity contribution in [1.82, 2.24) is 5.32 Å². The van der Waals surface area contributed by atoms with Crippen LogP contribution in [0.4, 0.5) is 13.2 Å². The number of hydrogen-bond acceptors (Lipinski definition) is 5. The Balaban J connectivity index is 5.58. The Hall–Kier alpha value is -1.84. The van der Waals surface area contributed by atoms with E-state index < -0.39 is 58.5 Å². The van der Waals surface area contributed by atoms with Gasteiger partial charge in [0.05, 0.1) is 10.8 Å². The van der Waals surface area contributed by atoms with Crippen LogP contribution in [0.5, 0.6) is 0 Å². The maximum atomic E-state index is 12.9. The van der Waals surface area contributed by atoms with Crippen molar-refractivity contribution in [3.05, 3.63) is 0 Å². The molecule has 5 unspecified atom stereocenters. The van der Waals surface area contributed by atoms with E-state index in [1.807, 2.05) is 0 Å². The van der Waals surface area contributed by atoms with Gasteiger partial charge in [0.25, 0.3) is 0 Å². The van der Waals surface area contributed by atoms with Gasteiger partial charge in [0.15, 0.2) is 5.60 Å². The Morgan fingerprint density at radius 1 is 0.939 bits per heavy atom. The van der Waals surface area contributed by atoms with E-state index in [4.69, 9.17) is 4.74 Å². The van der Waals surface area contributed by atoms with Crippen molar-refractivity contribution < 1.29 is 42.5 Å². The highest BCUT2D eigenvalue weighted by atomic mass is 19.4. The number of carboxylic acid groups (broad SMARTS) is 1. The minimum atomic E-state index is -4.90. The van der Waals surface area contributed by atoms with E-state index in [1.54, 1.807) is 34.6 Å². The van der Waals surface area contributed by atoms with Gasteiger partial charge in [-0.1, -0.05) is 13.8 Å². The van der Waals surface area contributed by atoms with E-state index in [-0.39, 0.29) is 25.2 Å². The summed E-state index contributed by atoms with van der Waals surface area (Å²) in [5.74, 6) is -3.03. The maximum Gasteiger partial charge on any atom is 0.417 e. The number of esters is 1. The summed E-state index contributed by atoms with van der Waals surface area (Å²) >= 11 is 0. The summed E-state index contributed by atoms with van der Waals surface area (Å²) < 4.78 is 44.0. The summed E-state index contributed by atoms with van der Waals surface area (Å²) in [7, 11) is 0. The van der Waals surface area contributed by atoms with Gasteiger partial charge in [0, 0.05) is 17.9 Å². The third-order valence-electron chi connectivity index (χ3n) is 5.88. The largest absolute Gasteiger partial charge is 0.481 e. The number of carbonyl (C=O) groups is 3. The number of aliphatic hydroxyl groups is 1. The fourth-order valence-electron chi connectivity index (χ4n) is 3.74. The zero-order chi connectivity index (χ0) is 26.6. The number of carbonyl (C=O) groups excluding carboxylic acids is 2. The van der Waals surface area contributed by atoms with Crippen molar-refractivity contribution in [2.45, 2.75) is 111 Å². The lowest BCUT2D eigenvalue weighted by atomic mass is 9.68. The average Bonchev–Trinajstić information content (AvgIpc) is 2.58. The van der Waals surface area contributed by atoms with Crippen molar-refractivity contribution in [1.29, 1.82) is 0 Å². The predicted octanol–water partition coefficient (Wildman–Crippen LogP) is 4.46. The molecule has 0 spiro atoms. The molecule has 1 amide bonds. The highest BCUT2D eigenvalue weighted by Gasteiger charge is 2.51. The molecule has 194 valence electrons. The average molecular weight is 484 g/mol. The zero-order valence-corrected chi connectivity index (χ0v) is 21.1. The molecule has 0 saturated carbocycles. The second-order valence-corrected chi connectivity index (χ2v) is 11.0. The summed E-state index contributed by atoms with van der Waals surface area (Å²) in [5.41, 5.74) is -6.34. The number of rotatable bonds is 11. The van der Waals surface area contributed by atoms with Crippen LogP contribution in [0.2, 0.25) is 0 Å². The van der Waals surface area contributed by atoms with Gasteiger partial charge in [-0.3, -0.25) is 14.4 Å². The molecule has 0 bridgehead atoms. The lowest BCUT2D eigenvalue weighted by Gasteiger charge is -2.37. The number of aliphatic carboxylic acids is 1. The van der Waals surface area contributed by atoms with Crippen LogP contribution in [0.1, 0.15) is 88.0 Å². The lowest BCUT2D eigenvalue weighted by Crippen LogP contribution is -2.47. The third-order valence-corrected chi connectivity index (χ3v) is 5.88. The fraction of sp³-hybridized carbons (Fsp3) is 0.870. The highest BCUT2D eigenvalue weighted by molar-refractivity contribution is 5.82. The molecule has 0 radical (unpaired) electrons. The molecule has 0 aromatic heterocycles. The Labute approximate surface area is 194 Å². The molecule has 0 saturated heterocycles. The summed E-state index contributed by atoms with van der Waals surface area (Å²) in [4.78, 5) is 37.5. The molecule has 7 nitrogen and oxygen atoms in total. The van der Waals surface area contributed by atoms with Crippen LogP contribution in [0.3, 0.4) is 0 Å². The molecule has 0 aliphatic carbocycles. The van der Waals surface area contributed by atoms with E-state index in [1.165, 1.54) is 20.8 Å². The quantitative estimate of drug-likeness (QED) is 0.374. The number of hydrogen-bond donors (Lipinski definition) is 3. The van der Waals surface area contributed by atoms with Gasteiger partial charge >= 0.3 is 18.1 Å². The Morgan fingerprint density at radius 3 is 1.79 bits per heavy atom. The molecule has 33 heavy (non-hydrogen) atoms. The minimum Gasteiger partial charge on any atom is -0.481 e. The first-order chi connectivity index (χ1) is 14.5. The second kappa shape index (κ2) is 10.6. The normalized spacial score (nSPS) is 19.9. The number of ether oxygens (including phenoxy) is 1. The predicted molar refractivity (Wildman–Crippen MR) is 117 cm³/mol. The number of alkyl halides is 3. The molecule has 3 N–H and O–H groups in total. The van der Waals surface area contributed by atoms with Crippen LogP contribution in [-0.4, -0.2) is 51.5 Å². The SMILES string of the molecule is CCC(C)(CC(C)(CC(C)C(=O)NC(C)(C)C)C(=O)O)C(=O)OC(C)CC(C)(O)C(F)(F)F. The molecule has 10 heteroatoms. The maximum absolute atomic E-state index is 12.9. The molecule has 0 aromatic rings. The van der Waals surface area contributed by atoms with Crippen LogP contribution in [0, 0.1) is 16.7 Å². The summed E-state index contributed by atoms with van der Waals surface area (Å²) in [6.45, 7) is 13.4. The third kappa shape index (κ3) is 9.14. The van der Waals surface area contributed by atoms with Gasteiger partial charge in [-0.05, 0) is 67.7 Å². The van der Waals surface area contributed by atoms with Crippen molar-refractivity contribution >= 4 is 17.8 Å². The molecule has 0 heterocycles. The fourth-order valence-corrected chi connectivity index (χ4v) is 3.74. The molecule has 0 rings (SSSR count). The molecule has 5 atom stereocenters. The zero-order valence-electron chi connectivity index (χ0n) is 21.1. The second-order valence-electron chi connectivity index (χ2n) is 11.0. The topological polar surface area (TPSA) is 113 Å². The van der Waals surface area contributed by atoms with Gasteiger partial charge in [-0.15, -0.1) is 0 Å². The van der Waals surface area contributed by atoms with Crippen LogP contribution in [0.15, 0.2) is 0 Å². The van der Waals surface area contributed by atoms with Gasteiger partial charge in [-0.2, -0.15) is 13.2 Å². The first-order valence-corrected chi connectivity index (χ1v) is 11.1. The molecular formula is C23H40F3NO6. The van der Waals surface area contributed by atoms with E-state index in [0.717, 1.165) is 0 Å². The standard InChI is InChI=1S/C23H40F3NO6/c1-10-20(7,18(31)33-15(3)12-22(9,32)23(24,25)26)13-21(8,17(29)30)11-14(2)16(28)27-19(4,5)6/h14-15,32H,10-13H2,1-9H3,(H,27,28)(H,29,30). The van der Waals surface area contributed by atoms with Gasteiger partial charge in [-0.25, -0.2) is 0 Å². The Morgan fingerprint density at radius 2 is 1.42 bits per heavy atom. The number of nitrogens with one attached hydrogen (secondary N) is 1. The van der Waals surface area contributed by atoms with Crippen molar-refractivity contribution in [2.24, 2.45) is 16.7 Å². The summed E-state index contributed by atoms with van der Waals surface area (Å²) in [6, 6.07) is 0. The van der Waals surface area contributed by atoms with Crippen LogP contribution < -0.4 is 5.32 Å². The van der Waals surface area contributed by atoms with Crippen molar-refractivity contribution in [3.8, 4) is 0 Å². The van der Waals surface area contributed by atoms with E-state index in [0.29, 0.717) is 6.92 Å². The van der Waals surface area contributed by atoms with E-state index in [2.05, 4.69) is 5.32 Å². The van der Waals surface area contributed by atoms with E-state index in [9.17, 15) is 37.8 Å². The van der Waals surface area contributed by atoms with Crippen molar-refractivity contribution in [2.75, 3.05) is 0 Å². The summed E-state index contributed by atoms with van der Waals surface area (Å²) in [6.07, 6.45) is -7.08. The Bertz CT molecular complexity index is 716.